The van der Waals surface area contributed by atoms with Gasteiger partial charge in [-0.25, -0.2) is 0 Å². The monoisotopic (exact) mass is 204 g/mol. The van der Waals surface area contributed by atoms with Crippen LogP contribution in [0.1, 0.15) is 6.42 Å². The molecule has 0 aliphatic carbocycles. The third kappa shape index (κ3) is 1.30. The lowest BCUT2D eigenvalue weighted by Crippen LogP contribution is -2.44. The second-order valence-corrected chi connectivity index (χ2v) is 4.62. The van der Waals surface area contributed by atoms with Crippen molar-refractivity contribution in [1.29, 1.82) is 0 Å². The molecule has 3 rings (SSSR count). The summed E-state index contributed by atoms with van der Waals surface area (Å²) in [5.41, 5.74) is 0.998. The van der Waals surface area contributed by atoms with Crippen molar-refractivity contribution in [2.45, 2.75) is 18.5 Å². The molecule has 2 aliphatic rings. The maximum Gasteiger partial charge on any atom is 0.138 e. The predicted octanol–water partition coefficient (Wildman–Crippen LogP) is 1.28. The van der Waals surface area contributed by atoms with Gasteiger partial charge in [0.15, 0.2) is 0 Å². The van der Waals surface area contributed by atoms with Crippen molar-refractivity contribution in [1.82, 2.24) is 4.90 Å². The molecule has 2 unspecified atom stereocenters. The van der Waals surface area contributed by atoms with E-state index >= 15 is 0 Å². The molecule has 15 heavy (non-hydrogen) atoms. The molecule has 0 amide bonds. The highest BCUT2D eigenvalue weighted by molar-refractivity contribution is 5.59. The normalized spacial score (nSPS) is 30.1. The Hall–Kier alpha value is -1.22. The van der Waals surface area contributed by atoms with Gasteiger partial charge in [0.05, 0.1) is 5.69 Å². The van der Waals surface area contributed by atoms with Crippen molar-refractivity contribution in [3.8, 4) is 5.75 Å². The Kier molecular flexibility index (Phi) is 1.89. The molecule has 1 N–H and O–H groups in total. The van der Waals surface area contributed by atoms with Crippen LogP contribution >= 0.6 is 0 Å². The van der Waals surface area contributed by atoms with Crippen LogP contribution in [0.4, 0.5) is 5.69 Å². The van der Waals surface area contributed by atoms with Crippen LogP contribution in [0.2, 0.25) is 0 Å². The summed E-state index contributed by atoms with van der Waals surface area (Å²) in [7, 11) is 2.19. The molecule has 2 heterocycles. The molecule has 3 heteroatoms. The summed E-state index contributed by atoms with van der Waals surface area (Å²) in [6, 6.07) is 8.91. The zero-order valence-corrected chi connectivity index (χ0v) is 8.93. The Bertz CT molecular complexity index is 378. The molecule has 2 atom stereocenters. The molecule has 80 valence electrons. The summed E-state index contributed by atoms with van der Waals surface area (Å²) < 4.78 is 0. The zero-order valence-electron chi connectivity index (χ0n) is 8.93. The van der Waals surface area contributed by atoms with Gasteiger partial charge in [-0.05, 0) is 25.6 Å². The van der Waals surface area contributed by atoms with Crippen molar-refractivity contribution in [2.24, 2.45) is 0 Å². The molecule has 2 aliphatic heterocycles. The smallest absolute Gasteiger partial charge is 0.138 e. The highest BCUT2D eigenvalue weighted by Gasteiger charge is 2.41. The van der Waals surface area contributed by atoms with Gasteiger partial charge in [-0.1, -0.05) is 12.1 Å². The number of phenols is 1. The Labute approximate surface area is 89.9 Å². The molecular weight excluding hydrogens is 188 g/mol. The molecular formula is C12H16N2O. The van der Waals surface area contributed by atoms with Crippen molar-refractivity contribution in [3.63, 3.8) is 0 Å². The quantitative estimate of drug-likeness (QED) is 0.746. The van der Waals surface area contributed by atoms with Gasteiger partial charge in [0.25, 0.3) is 0 Å². The largest absolute Gasteiger partial charge is 0.506 e. The van der Waals surface area contributed by atoms with Gasteiger partial charge in [-0.2, -0.15) is 0 Å². The zero-order chi connectivity index (χ0) is 10.4. The second-order valence-electron chi connectivity index (χ2n) is 4.62. The van der Waals surface area contributed by atoms with Gasteiger partial charge in [-0.15, -0.1) is 0 Å². The average Bonchev–Trinajstić information content (AvgIpc) is 2.77. The summed E-state index contributed by atoms with van der Waals surface area (Å²) in [6.45, 7) is 2.18. The number of rotatable bonds is 1. The van der Waals surface area contributed by atoms with E-state index in [0.29, 0.717) is 17.8 Å². The summed E-state index contributed by atoms with van der Waals surface area (Å²) in [6.07, 6.45) is 1.24. The standard InChI is InChI=1S/C12H16N2O/c1-13-7-10-6-9(13)8-14(10)11-4-2-3-5-12(11)15/h2-5,9-10,15H,6-8H2,1H3. The minimum atomic E-state index is 0.410. The summed E-state index contributed by atoms with van der Waals surface area (Å²) >= 11 is 0. The van der Waals surface area contributed by atoms with Crippen LogP contribution in [0.5, 0.6) is 5.75 Å². The molecule has 0 spiro atoms. The summed E-state index contributed by atoms with van der Waals surface area (Å²) in [5.74, 6) is 0.410. The fourth-order valence-electron chi connectivity index (χ4n) is 2.87. The molecule has 2 bridgehead atoms. The Balaban J connectivity index is 1.89. The highest BCUT2D eigenvalue weighted by atomic mass is 16.3. The average molecular weight is 204 g/mol. The topological polar surface area (TPSA) is 26.7 Å². The van der Waals surface area contributed by atoms with Crippen LogP contribution < -0.4 is 4.90 Å². The number of aromatic hydroxyl groups is 1. The molecule has 2 saturated heterocycles. The molecule has 1 aromatic rings. The number of phenolic OH excluding ortho intramolecular Hbond substituents is 1. The number of likely N-dealkylation sites (tertiary alicyclic amines) is 1. The van der Waals surface area contributed by atoms with Crippen LogP contribution in [-0.4, -0.2) is 42.2 Å². The van der Waals surface area contributed by atoms with Gasteiger partial charge in [0, 0.05) is 25.2 Å². The van der Waals surface area contributed by atoms with Crippen LogP contribution in [-0.2, 0) is 0 Å². The van der Waals surface area contributed by atoms with Crippen molar-refractivity contribution >= 4 is 5.69 Å². The van der Waals surface area contributed by atoms with E-state index in [9.17, 15) is 5.11 Å². The van der Waals surface area contributed by atoms with E-state index < -0.39 is 0 Å². The summed E-state index contributed by atoms with van der Waals surface area (Å²) in [4.78, 5) is 4.77. The molecule has 2 fully saturated rings. The fourth-order valence-corrected chi connectivity index (χ4v) is 2.87. The van der Waals surface area contributed by atoms with E-state index in [1.807, 2.05) is 18.2 Å². The fraction of sp³-hybridized carbons (Fsp3) is 0.500. The minimum Gasteiger partial charge on any atom is -0.506 e. The van der Waals surface area contributed by atoms with Gasteiger partial charge < -0.3 is 10.0 Å². The number of para-hydroxylation sites is 2. The van der Waals surface area contributed by atoms with Crippen molar-refractivity contribution in [3.05, 3.63) is 24.3 Å². The number of piperazine rings is 1. The lowest BCUT2D eigenvalue weighted by atomic mass is 10.2. The van der Waals surface area contributed by atoms with Crippen LogP contribution in [0.25, 0.3) is 0 Å². The van der Waals surface area contributed by atoms with Gasteiger partial charge in [0.1, 0.15) is 5.75 Å². The maximum absolute atomic E-state index is 9.81. The van der Waals surface area contributed by atoms with E-state index in [1.165, 1.54) is 6.42 Å². The van der Waals surface area contributed by atoms with Crippen LogP contribution in [0, 0.1) is 0 Å². The van der Waals surface area contributed by atoms with Crippen LogP contribution in [0.3, 0.4) is 0 Å². The van der Waals surface area contributed by atoms with E-state index in [0.717, 1.165) is 18.8 Å². The third-order valence-electron chi connectivity index (χ3n) is 3.71. The first kappa shape index (κ1) is 9.04. The number of hydrogen-bond donors (Lipinski definition) is 1. The SMILES string of the molecule is CN1CC2CC1CN2c1ccccc1O. The number of fused-ring (bicyclic) bond motifs is 2. The Morgan fingerprint density at radius 1 is 1.20 bits per heavy atom. The van der Waals surface area contributed by atoms with Gasteiger partial charge in [-0.3, -0.25) is 4.90 Å². The molecule has 0 aromatic heterocycles. The number of hydrogen-bond acceptors (Lipinski definition) is 3. The molecule has 1 aromatic carbocycles. The first-order valence-electron chi connectivity index (χ1n) is 5.50. The first-order valence-corrected chi connectivity index (χ1v) is 5.50. The van der Waals surface area contributed by atoms with Crippen molar-refractivity contribution in [2.75, 3.05) is 25.0 Å². The van der Waals surface area contributed by atoms with E-state index in [1.54, 1.807) is 6.07 Å². The Morgan fingerprint density at radius 2 is 2.00 bits per heavy atom. The minimum absolute atomic E-state index is 0.410. The predicted molar refractivity (Wildman–Crippen MR) is 60.3 cm³/mol. The van der Waals surface area contributed by atoms with Gasteiger partial charge in [0.2, 0.25) is 0 Å². The van der Waals surface area contributed by atoms with Gasteiger partial charge >= 0.3 is 0 Å². The van der Waals surface area contributed by atoms with Crippen LogP contribution in [0.15, 0.2) is 24.3 Å². The maximum atomic E-state index is 9.81. The molecule has 3 nitrogen and oxygen atoms in total. The molecule has 0 saturated carbocycles. The Morgan fingerprint density at radius 3 is 2.60 bits per heavy atom. The number of anilines is 1. The third-order valence-corrected chi connectivity index (χ3v) is 3.71. The highest BCUT2D eigenvalue weighted by Crippen LogP contribution is 2.37. The second kappa shape index (κ2) is 3.14. The first-order chi connectivity index (χ1) is 7.25. The van der Waals surface area contributed by atoms with E-state index in [2.05, 4.69) is 16.8 Å². The van der Waals surface area contributed by atoms with Crippen molar-refractivity contribution < 1.29 is 5.11 Å². The number of likely N-dealkylation sites (N-methyl/N-ethyl adjacent to an activating group) is 1. The van der Waals surface area contributed by atoms with E-state index in [4.69, 9.17) is 0 Å². The summed E-state index contributed by atoms with van der Waals surface area (Å²) in [5, 5.41) is 9.81. The lowest BCUT2D eigenvalue weighted by Gasteiger charge is -2.33. The van der Waals surface area contributed by atoms with E-state index in [-0.39, 0.29) is 0 Å². The molecule has 0 radical (unpaired) electrons. The lowest BCUT2D eigenvalue weighted by molar-refractivity contribution is 0.292. The number of nitrogens with zero attached hydrogens (tertiary/aromatic N) is 2. The number of benzene rings is 1.